The molecule has 2 saturated heterocycles. The van der Waals surface area contributed by atoms with Crippen LogP contribution in [0.3, 0.4) is 0 Å². The number of halogens is 14. The van der Waals surface area contributed by atoms with E-state index in [-0.39, 0.29) is 37.6 Å². The fraction of sp³-hybridized carbons (Fsp3) is 0.429. The van der Waals surface area contributed by atoms with Crippen LogP contribution in [0, 0.1) is 25.5 Å². The summed E-state index contributed by atoms with van der Waals surface area (Å²) < 4.78 is 190. The molecular formula is C28H22F14N4O3S4. The minimum absolute atomic E-state index is 0.0265. The molecule has 0 bridgehead atoms. The lowest BCUT2D eigenvalue weighted by molar-refractivity contribution is -0.150. The summed E-state index contributed by atoms with van der Waals surface area (Å²) >= 11 is 1.76. The molecule has 2 heterocycles. The molecule has 0 aromatic heterocycles. The van der Waals surface area contributed by atoms with Gasteiger partial charge in [-0.3, -0.25) is 23.6 Å². The van der Waals surface area contributed by atoms with Gasteiger partial charge in [0.15, 0.2) is 10.3 Å². The van der Waals surface area contributed by atoms with Gasteiger partial charge in [0.2, 0.25) is 11.8 Å². The zero-order valence-corrected chi connectivity index (χ0v) is 29.8. The Bertz CT molecular complexity index is 1790. The van der Waals surface area contributed by atoms with Crippen molar-refractivity contribution < 1.29 is 75.3 Å². The fourth-order valence-electron chi connectivity index (χ4n) is 4.08. The van der Waals surface area contributed by atoms with Crippen molar-refractivity contribution in [2.24, 2.45) is 9.98 Å². The van der Waals surface area contributed by atoms with Crippen molar-refractivity contribution in [3.05, 3.63) is 47.0 Å². The van der Waals surface area contributed by atoms with E-state index in [9.17, 15) is 75.3 Å². The minimum atomic E-state index is -4.73. The largest absolute Gasteiger partial charge is 0.406 e. The quantitative estimate of drug-likeness (QED) is 0.195. The number of thioether (sulfide) groups is 3. The number of hydrogen-bond acceptors (Lipinski definition) is 8. The van der Waals surface area contributed by atoms with Gasteiger partial charge in [-0.25, -0.2) is 18.8 Å². The van der Waals surface area contributed by atoms with Crippen LogP contribution < -0.4 is 0 Å². The van der Waals surface area contributed by atoms with Crippen LogP contribution in [-0.4, -0.2) is 97.0 Å². The van der Waals surface area contributed by atoms with Crippen molar-refractivity contribution in [2.45, 2.75) is 48.3 Å². The third kappa shape index (κ3) is 13.9. The number of amides is 2. The second-order valence-electron chi connectivity index (χ2n) is 10.7. The Labute approximate surface area is 305 Å². The van der Waals surface area contributed by atoms with Crippen LogP contribution in [0.4, 0.5) is 72.8 Å². The molecule has 0 N–H and O–H groups in total. The molecule has 7 nitrogen and oxygen atoms in total. The van der Waals surface area contributed by atoms with E-state index in [1.54, 1.807) is 0 Å². The highest BCUT2D eigenvalue weighted by molar-refractivity contribution is 8.15. The molecule has 4 rings (SSSR count). The zero-order valence-electron chi connectivity index (χ0n) is 26.5. The molecule has 25 heteroatoms. The van der Waals surface area contributed by atoms with Gasteiger partial charge in [0.25, 0.3) is 0 Å². The SMILES string of the molecule is Cc1cc(F)c(N=C2SCC(=O)N2CC(F)(F)F)cc1S(=O)CC(F)(F)F.Cc1cc(F)c(N=C2SCC(=O)N2CC(F)(F)F)cc1SCC(F)(F)F. The van der Waals surface area contributed by atoms with Crippen LogP contribution in [0.25, 0.3) is 0 Å². The predicted octanol–water partition coefficient (Wildman–Crippen LogP) is 8.84. The highest BCUT2D eigenvalue weighted by Gasteiger charge is 2.40. The van der Waals surface area contributed by atoms with E-state index < -0.39 is 100 Å². The molecule has 2 aliphatic rings. The van der Waals surface area contributed by atoms with E-state index in [1.165, 1.54) is 13.8 Å². The monoisotopic (exact) mass is 856 g/mol. The molecule has 1 atom stereocenters. The van der Waals surface area contributed by atoms with Crippen LogP contribution in [-0.2, 0) is 20.4 Å². The first kappa shape index (κ1) is 44.3. The molecular weight excluding hydrogens is 835 g/mol. The van der Waals surface area contributed by atoms with Crippen LogP contribution in [0.5, 0.6) is 0 Å². The summed E-state index contributed by atoms with van der Waals surface area (Å²) in [5.74, 6) is -7.13. The van der Waals surface area contributed by atoms with Crippen molar-refractivity contribution >= 4 is 79.6 Å². The van der Waals surface area contributed by atoms with Crippen LogP contribution in [0.15, 0.2) is 44.0 Å². The second-order valence-corrected chi connectivity index (χ2v) is 15.0. The van der Waals surface area contributed by atoms with Crippen LogP contribution in [0.2, 0.25) is 0 Å². The van der Waals surface area contributed by atoms with E-state index >= 15 is 0 Å². The van der Waals surface area contributed by atoms with Gasteiger partial charge in [-0.2, -0.15) is 52.7 Å². The molecule has 1 unspecified atom stereocenters. The van der Waals surface area contributed by atoms with Crippen LogP contribution >= 0.6 is 35.3 Å². The summed E-state index contributed by atoms with van der Waals surface area (Å²) in [6, 6.07) is 3.56. The first-order valence-corrected chi connectivity index (χ1v) is 18.3. The lowest BCUT2D eigenvalue weighted by Gasteiger charge is -2.18. The topological polar surface area (TPSA) is 82.4 Å². The number of amidine groups is 2. The standard InChI is InChI=1S/C14H11F7N2O2S2.C14H11F7N2OS2/c1-7-2-8(15)9(3-10(7)27(25)6-14(19,20)21)22-12-23(5-13(16,17)18)11(24)4-26-12;1-7-2-8(15)9(3-10(7)26-6-14(19,20)21)22-12-23(5-13(16,17)18)11(24)4-25-12/h2-3H,4-6H2,1H3;2-3H,4-6H2,1H3. The third-order valence-electron chi connectivity index (χ3n) is 6.24. The molecule has 53 heavy (non-hydrogen) atoms. The average molecular weight is 857 g/mol. The van der Waals surface area contributed by atoms with Gasteiger partial charge < -0.3 is 0 Å². The smallest absolute Gasteiger partial charge is 0.281 e. The Morgan fingerprint density at radius 2 is 1.11 bits per heavy atom. The first-order chi connectivity index (χ1) is 24.1. The van der Waals surface area contributed by atoms with Crippen molar-refractivity contribution in [1.29, 1.82) is 0 Å². The molecule has 294 valence electrons. The van der Waals surface area contributed by atoms with E-state index in [4.69, 9.17) is 0 Å². The van der Waals surface area contributed by atoms with E-state index in [2.05, 4.69) is 9.98 Å². The molecule has 2 aliphatic heterocycles. The van der Waals surface area contributed by atoms with E-state index in [1.807, 2.05) is 0 Å². The van der Waals surface area contributed by atoms with Gasteiger partial charge in [-0.05, 0) is 49.2 Å². The molecule has 0 saturated carbocycles. The summed E-state index contributed by atoms with van der Waals surface area (Å²) in [4.78, 5) is 31.0. The molecule has 0 spiro atoms. The maximum absolute atomic E-state index is 14.1. The van der Waals surface area contributed by atoms with Gasteiger partial charge in [0.05, 0.1) is 28.1 Å². The summed E-state index contributed by atoms with van der Waals surface area (Å²) in [6.45, 7) is -0.547. The van der Waals surface area contributed by atoms with E-state index in [0.29, 0.717) is 45.1 Å². The Hall–Kier alpha value is -3.06. The van der Waals surface area contributed by atoms with Crippen molar-refractivity contribution in [2.75, 3.05) is 36.1 Å². The number of aryl methyl sites for hydroxylation is 2. The normalized spacial score (nSPS) is 18.0. The molecule has 2 aromatic carbocycles. The van der Waals surface area contributed by atoms with Gasteiger partial charge in [0.1, 0.15) is 41.9 Å². The Kier molecular flexibility index (Phi) is 14.4. The number of nitrogens with zero attached hydrogens (tertiary/aromatic N) is 4. The second kappa shape index (κ2) is 17.2. The van der Waals surface area contributed by atoms with Gasteiger partial charge in [-0.1, -0.05) is 23.5 Å². The summed E-state index contributed by atoms with van der Waals surface area (Å²) in [7, 11) is -2.55. The van der Waals surface area contributed by atoms with Gasteiger partial charge in [-0.15, -0.1) is 11.8 Å². The number of rotatable bonds is 8. The maximum atomic E-state index is 14.1. The number of alkyl halides is 12. The number of carbonyl (C=O) groups is 2. The Morgan fingerprint density at radius 3 is 1.53 bits per heavy atom. The number of carbonyl (C=O) groups excluding carboxylic acids is 2. The molecule has 2 aromatic rings. The lowest BCUT2D eigenvalue weighted by atomic mass is 10.2. The van der Waals surface area contributed by atoms with Gasteiger partial charge >= 0.3 is 24.7 Å². The van der Waals surface area contributed by atoms with Crippen molar-refractivity contribution in [1.82, 2.24) is 9.80 Å². The molecule has 0 radical (unpaired) electrons. The number of aliphatic imine (C=N–C) groups is 2. The number of hydrogen-bond donors (Lipinski definition) is 0. The first-order valence-electron chi connectivity index (χ1n) is 14.0. The highest BCUT2D eigenvalue weighted by Crippen LogP contribution is 2.36. The highest BCUT2D eigenvalue weighted by atomic mass is 32.2. The average Bonchev–Trinajstić information content (AvgIpc) is 3.48. The van der Waals surface area contributed by atoms with E-state index in [0.717, 1.165) is 24.3 Å². The predicted molar refractivity (Wildman–Crippen MR) is 171 cm³/mol. The fourth-order valence-corrected chi connectivity index (χ4v) is 7.78. The third-order valence-corrected chi connectivity index (χ3v) is 10.9. The summed E-state index contributed by atoms with van der Waals surface area (Å²) in [6.07, 6.45) is -18.5. The number of benzene rings is 2. The van der Waals surface area contributed by atoms with Crippen molar-refractivity contribution in [3.63, 3.8) is 0 Å². The lowest BCUT2D eigenvalue weighted by Crippen LogP contribution is -2.38. The zero-order chi connectivity index (χ0) is 40.3. The van der Waals surface area contributed by atoms with Crippen LogP contribution in [0.1, 0.15) is 11.1 Å². The molecule has 0 aliphatic carbocycles. The van der Waals surface area contributed by atoms with Gasteiger partial charge in [0, 0.05) is 9.79 Å². The summed E-state index contributed by atoms with van der Waals surface area (Å²) in [5.41, 5.74) is -0.815. The maximum Gasteiger partial charge on any atom is 0.406 e. The minimum Gasteiger partial charge on any atom is -0.281 e. The summed E-state index contributed by atoms with van der Waals surface area (Å²) in [5, 5.41) is -0.783. The molecule has 2 fully saturated rings. The Morgan fingerprint density at radius 1 is 0.679 bits per heavy atom. The Balaban J connectivity index is 0.000000286. The van der Waals surface area contributed by atoms with Crippen molar-refractivity contribution in [3.8, 4) is 0 Å². The molecule has 2 amide bonds.